The Bertz CT molecular complexity index is 886. The molecule has 2 aliphatic rings. The SMILES string of the molecule is Cc1cccc(N2C[C@@](CC3OCCO3)(c3ccc(Cl)c(Cl)c3)CCC2=O)n1. The van der Waals surface area contributed by atoms with Crippen molar-refractivity contribution in [3.8, 4) is 0 Å². The molecule has 148 valence electrons. The van der Waals surface area contributed by atoms with Crippen molar-refractivity contribution >= 4 is 34.9 Å². The van der Waals surface area contributed by atoms with E-state index in [2.05, 4.69) is 4.98 Å². The fourth-order valence-electron chi connectivity index (χ4n) is 4.03. The van der Waals surface area contributed by atoms with E-state index in [1.54, 1.807) is 4.90 Å². The topological polar surface area (TPSA) is 51.7 Å². The number of piperidine rings is 1. The number of nitrogens with zero attached hydrogens (tertiary/aromatic N) is 2. The second-order valence-electron chi connectivity index (χ2n) is 7.40. The van der Waals surface area contributed by atoms with E-state index < -0.39 is 0 Å². The van der Waals surface area contributed by atoms with Gasteiger partial charge in [-0.2, -0.15) is 0 Å². The Morgan fingerprint density at radius 1 is 1.18 bits per heavy atom. The van der Waals surface area contributed by atoms with Crippen LogP contribution in [0.4, 0.5) is 5.82 Å². The van der Waals surface area contributed by atoms with Gasteiger partial charge >= 0.3 is 0 Å². The largest absolute Gasteiger partial charge is 0.350 e. The standard InChI is InChI=1S/C21H22Cl2N2O3/c1-14-3-2-4-18(24-14)25-13-21(8-7-19(25)26,12-20-27-9-10-28-20)15-5-6-16(22)17(23)11-15/h2-6,11,20H,7-10,12-13H2,1H3/t21-/m1/s1. The molecule has 7 heteroatoms. The number of hydrogen-bond acceptors (Lipinski definition) is 4. The van der Waals surface area contributed by atoms with E-state index in [9.17, 15) is 4.79 Å². The molecule has 2 aliphatic heterocycles. The van der Waals surface area contributed by atoms with E-state index in [-0.39, 0.29) is 17.6 Å². The van der Waals surface area contributed by atoms with Crippen LogP contribution >= 0.6 is 23.2 Å². The lowest BCUT2D eigenvalue weighted by molar-refractivity contribution is -0.121. The van der Waals surface area contributed by atoms with Crippen LogP contribution in [0.5, 0.6) is 0 Å². The van der Waals surface area contributed by atoms with Crippen LogP contribution in [-0.2, 0) is 19.7 Å². The Labute approximate surface area is 174 Å². The average molecular weight is 421 g/mol. The number of amides is 1. The summed E-state index contributed by atoms with van der Waals surface area (Å²) in [6.07, 6.45) is 1.45. The minimum absolute atomic E-state index is 0.0713. The molecular formula is C21H22Cl2N2O3. The Morgan fingerprint density at radius 2 is 1.96 bits per heavy atom. The first kappa shape index (κ1) is 19.6. The molecule has 0 N–H and O–H groups in total. The fourth-order valence-corrected chi connectivity index (χ4v) is 4.33. The van der Waals surface area contributed by atoms with Crippen molar-refractivity contribution in [1.29, 1.82) is 0 Å². The molecule has 5 nitrogen and oxygen atoms in total. The molecule has 1 aromatic carbocycles. The van der Waals surface area contributed by atoms with Crippen LogP contribution in [0, 0.1) is 6.92 Å². The second kappa shape index (κ2) is 7.99. The van der Waals surface area contributed by atoms with Gasteiger partial charge in [0.15, 0.2) is 6.29 Å². The number of hydrogen-bond donors (Lipinski definition) is 0. The maximum Gasteiger partial charge on any atom is 0.228 e. The fraction of sp³-hybridized carbons (Fsp3) is 0.429. The molecule has 1 atom stereocenters. The highest BCUT2D eigenvalue weighted by molar-refractivity contribution is 6.42. The van der Waals surface area contributed by atoms with Crippen molar-refractivity contribution in [2.45, 2.75) is 37.9 Å². The van der Waals surface area contributed by atoms with Crippen LogP contribution in [0.15, 0.2) is 36.4 Å². The van der Waals surface area contributed by atoms with Gasteiger partial charge in [-0.1, -0.05) is 35.3 Å². The van der Waals surface area contributed by atoms with Gasteiger partial charge in [-0.15, -0.1) is 0 Å². The number of aromatic nitrogens is 1. The molecule has 2 aromatic rings. The molecule has 0 unspecified atom stereocenters. The van der Waals surface area contributed by atoms with Crippen molar-refractivity contribution < 1.29 is 14.3 Å². The zero-order chi connectivity index (χ0) is 19.7. The van der Waals surface area contributed by atoms with Crippen molar-refractivity contribution in [2.75, 3.05) is 24.7 Å². The number of benzene rings is 1. The predicted molar refractivity (Wildman–Crippen MR) is 109 cm³/mol. The summed E-state index contributed by atoms with van der Waals surface area (Å²) in [6, 6.07) is 11.4. The Kier molecular flexibility index (Phi) is 5.61. The van der Waals surface area contributed by atoms with Crippen molar-refractivity contribution in [2.24, 2.45) is 0 Å². The first-order valence-corrected chi connectivity index (χ1v) is 10.2. The number of carbonyl (C=O) groups excluding carboxylic acids is 1. The molecule has 0 bridgehead atoms. The third-order valence-electron chi connectivity index (χ3n) is 5.51. The van der Waals surface area contributed by atoms with Gasteiger partial charge in [0.2, 0.25) is 5.91 Å². The minimum Gasteiger partial charge on any atom is -0.350 e. The maximum absolute atomic E-state index is 12.8. The Balaban J connectivity index is 1.73. The summed E-state index contributed by atoms with van der Waals surface area (Å²) in [5.74, 6) is 0.740. The number of pyridine rings is 1. The van der Waals surface area contributed by atoms with Gasteiger partial charge in [0.1, 0.15) is 5.82 Å². The predicted octanol–water partition coefficient (Wildman–Crippen LogP) is 4.52. The van der Waals surface area contributed by atoms with Crippen LogP contribution in [0.2, 0.25) is 10.0 Å². The smallest absolute Gasteiger partial charge is 0.228 e. The van der Waals surface area contributed by atoms with Crippen molar-refractivity contribution in [3.05, 3.63) is 57.7 Å². The lowest BCUT2D eigenvalue weighted by Gasteiger charge is -2.43. The van der Waals surface area contributed by atoms with Crippen LogP contribution in [0.1, 0.15) is 30.5 Å². The van der Waals surface area contributed by atoms with E-state index in [4.69, 9.17) is 32.7 Å². The lowest BCUT2D eigenvalue weighted by atomic mass is 9.71. The third-order valence-corrected chi connectivity index (χ3v) is 6.25. The summed E-state index contributed by atoms with van der Waals surface area (Å²) in [6.45, 7) is 3.59. The summed E-state index contributed by atoms with van der Waals surface area (Å²) < 4.78 is 11.5. The molecular weight excluding hydrogens is 399 g/mol. The summed E-state index contributed by atoms with van der Waals surface area (Å²) in [7, 11) is 0. The molecule has 0 radical (unpaired) electrons. The minimum atomic E-state index is -0.359. The molecule has 0 aliphatic carbocycles. The number of rotatable bonds is 4. The van der Waals surface area contributed by atoms with Gasteiger partial charge in [-0.25, -0.2) is 4.98 Å². The lowest BCUT2D eigenvalue weighted by Crippen LogP contribution is -2.51. The highest BCUT2D eigenvalue weighted by Gasteiger charge is 2.44. The summed E-state index contributed by atoms with van der Waals surface area (Å²) in [4.78, 5) is 19.1. The first-order valence-electron chi connectivity index (χ1n) is 9.40. The van der Waals surface area contributed by atoms with Gasteiger partial charge in [-0.05, 0) is 43.2 Å². The number of ether oxygens (including phenoxy) is 2. The van der Waals surface area contributed by atoms with E-state index in [1.807, 2.05) is 43.3 Å². The van der Waals surface area contributed by atoms with Crippen LogP contribution in [0.25, 0.3) is 0 Å². The van der Waals surface area contributed by atoms with Crippen LogP contribution in [0.3, 0.4) is 0 Å². The van der Waals surface area contributed by atoms with E-state index >= 15 is 0 Å². The number of carbonyl (C=O) groups is 1. The van der Waals surface area contributed by atoms with Gasteiger partial charge < -0.3 is 9.47 Å². The zero-order valence-electron chi connectivity index (χ0n) is 15.7. The van der Waals surface area contributed by atoms with Gasteiger partial charge in [0.05, 0.1) is 23.3 Å². The van der Waals surface area contributed by atoms with Crippen molar-refractivity contribution in [1.82, 2.24) is 4.98 Å². The normalized spacial score (nSPS) is 23.4. The summed E-state index contributed by atoms with van der Waals surface area (Å²) in [5, 5.41) is 1.02. The van der Waals surface area contributed by atoms with E-state index in [0.29, 0.717) is 54.9 Å². The van der Waals surface area contributed by atoms with Gasteiger partial charge in [0, 0.05) is 30.5 Å². The molecule has 0 spiro atoms. The van der Waals surface area contributed by atoms with Crippen LogP contribution < -0.4 is 4.90 Å². The summed E-state index contributed by atoms with van der Waals surface area (Å²) in [5.41, 5.74) is 1.55. The van der Waals surface area contributed by atoms with Crippen LogP contribution in [-0.4, -0.2) is 36.9 Å². The number of aryl methyl sites for hydroxylation is 1. The number of halogens is 2. The molecule has 2 fully saturated rings. The van der Waals surface area contributed by atoms with Gasteiger partial charge in [0.25, 0.3) is 0 Å². The maximum atomic E-state index is 12.8. The number of anilines is 1. The zero-order valence-corrected chi connectivity index (χ0v) is 17.2. The van der Waals surface area contributed by atoms with Crippen molar-refractivity contribution in [3.63, 3.8) is 0 Å². The Morgan fingerprint density at radius 3 is 2.68 bits per heavy atom. The monoisotopic (exact) mass is 420 g/mol. The highest BCUT2D eigenvalue weighted by Crippen LogP contribution is 2.42. The highest BCUT2D eigenvalue weighted by atomic mass is 35.5. The molecule has 4 rings (SSSR count). The molecule has 0 saturated carbocycles. The van der Waals surface area contributed by atoms with Gasteiger partial charge in [-0.3, -0.25) is 9.69 Å². The summed E-state index contributed by atoms with van der Waals surface area (Å²) >= 11 is 12.5. The Hall–Kier alpha value is -1.66. The second-order valence-corrected chi connectivity index (χ2v) is 8.22. The molecule has 28 heavy (non-hydrogen) atoms. The molecule has 1 aromatic heterocycles. The quantitative estimate of drug-likeness (QED) is 0.728. The molecule has 3 heterocycles. The molecule has 1 amide bonds. The van der Waals surface area contributed by atoms with E-state index in [0.717, 1.165) is 11.3 Å². The third kappa shape index (κ3) is 3.90. The average Bonchev–Trinajstić information content (AvgIpc) is 3.18. The van der Waals surface area contributed by atoms with E-state index in [1.165, 1.54) is 0 Å². The molecule has 2 saturated heterocycles. The first-order chi connectivity index (χ1) is 13.5.